The van der Waals surface area contributed by atoms with Crippen LogP contribution in [0.2, 0.25) is 0 Å². The molecule has 2 aromatic rings. The van der Waals surface area contributed by atoms with E-state index in [2.05, 4.69) is 5.10 Å². The number of ether oxygens (including phenoxy) is 3. The standard InChI is InChI=1S/C14H16N2O5/c1-16-7-9(11(15-16)14(17)18)8-5-6-10(19-2)13(21-4)12(8)20-3/h5-7H,1-4H3,(H,17,18). The highest BCUT2D eigenvalue weighted by Gasteiger charge is 2.23. The number of carboxylic acids is 1. The summed E-state index contributed by atoms with van der Waals surface area (Å²) < 4.78 is 17.3. The van der Waals surface area contributed by atoms with Gasteiger partial charge in [-0.1, -0.05) is 0 Å². The molecule has 21 heavy (non-hydrogen) atoms. The maximum Gasteiger partial charge on any atom is 0.357 e. The minimum Gasteiger partial charge on any atom is -0.493 e. The molecule has 0 saturated heterocycles. The fraction of sp³-hybridized carbons (Fsp3) is 0.286. The monoisotopic (exact) mass is 292 g/mol. The molecule has 1 aromatic heterocycles. The molecule has 0 spiro atoms. The summed E-state index contributed by atoms with van der Waals surface area (Å²) in [5.74, 6) is 0.186. The summed E-state index contributed by atoms with van der Waals surface area (Å²) in [6, 6.07) is 3.40. The van der Waals surface area contributed by atoms with Gasteiger partial charge < -0.3 is 19.3 Å². The molecule has 0 aliphatic rings. The van der Waals surface area contributed by atoms with Crippen LogP contribution >= 0.6 is 0 Å². The lowest BCUT2D eigenvalue weighted by Gasteiger charge is -2.15. The van der Waals surface area contributed by atoms with Gasteiger partial charge in [-0.2, -0.15) is 5.10 Å². The maximum atomic E-state index is 11.3. The summed E-state index contributed by atoms with van der Waals surface area (Å²) in [6.07, 6.45) is 1.62. The van der Waals surface area contributed by atoms with Crippen molar-refractivity contribution in [2.24, 2.45) is 7.05 Å². The highest BCUT2D eigenvalue weighted by atomic mass is 16.5. The average molecular weight is 292 g/mol. The smallest absolute Gasteiger partial charge is 0.357 e. The van der Waals surface area contributed by atoms with Gasteiger partial charge in [0.25, 0.3) is 0 Å². The number of nitrogens with zero attached hydrogens (tertiary/aromatic N) is 2. The van der Waals surface area contributed by atoms with Gasteiger partial charge in [0.2, 0.25) is 5.75 Å². The van der Waals surface area contributed by atoms with Crippen molar-refractivity contribution in [1.29, 1.82) is 0 Å². The molecular weight excluding hydrogens is 276 g/mol. The topological polar surface area (TPSA) is 82.8 Å². The third-order valence-corrected chi connectivity index (χ3v) is 3.03. The van der Waals surface area contributed by atoms with Crippen molar-refractivity contribution < 1.29 is 24.1 Å². The first-order chi connectivity index (χ1) is 10.0. The van der Waals surface area contributed by atoms with Crippen LogP contribution in [-0.4, -0.2) is 42.2 Å². The molecule has 0 aliphatic heterocycles. The Morgan fingerprint density at radius 1 is 1.10 bits per heavy atom. The summed E-state index contributed by atoms with van der Waals surface area (Å²) in [4.78, 5) is 11.3. The number of carboxylic acid groups (broad SMARTS) is 1. The maximum absolute atomic E-state index is 11.3. The zero-order valence-corrected chi connectivity index (χ0v) is 12.2. The Hall–Kier alpha value is -2.70. The Labute approximate surface area is 121 Å². The molecular formula is C14H16N2O5. The molecule has 7 heteroatoms. The van der Waals surface area contributed by atoms with E-state index in [-0.39, 0.29) is 5.69 Å². The molecule has 0 atom stereocenters. The summed E-state index contributed by atoms with van der Waals surface area (Å²) in [5, 5.41) is 13.2. The van der Waals surface area contributed by atoms with Gasteiger partial charge in [0.15, 0.2) is 17.2 Å². The van der Waals surface area contributed by atoms with Gasteiger partial charge in [-0.05, 0) is 12.1 Å². The van der Waals surface area contributed by atoms with Gasteiger partial charge in [-0.25, -0.2) is 4.79 Å². The second-order valence-electron chi connectivity index (χ2n) is 4.25. The highest BCUT2D eigenvalue weighted by molar-refractivity contribution is 5.95. The van der Waals surface area contributed by atoms with E-state index in [1.807, 2.05) is 0 Å². The van der Waals surface area contributed by atoms with Gasteiger partial charge in [0.1, 0.15) is 0 Å². The quantitative estimate of drug-likeness (QED) is 0.905. The van der Waals surface area contributed by atoms with Gasteiger partial charge >= 0.3 is 5.97 Å². The van der Waals surface area contributed by atoms with E-state index in [4.69, 9.17) is 14.2 Å². The minimum absolute atomic E-state index is 0.0528. The van der Waals surface area contributed by atoms with Crippen LogP contribution in [0.25, 0.3) is 11.1 Å². The molecule has 1 heterocycles. The van der Waals surface area contributed by atoms with E-state index in [9.17, 15) is 9.90 Å². The predicted octanol–water partition coefficient (Wildman–Crippen LogP) is 1.81. The molecule has 1 N–H and O–H groups in total. The predicted molar refractivity (Wildman–Crippen MR) is 75.3 cm³/mol. The van der Waals surface area contributed by atoms with Crippen molar-refractivity contribution in [1.82, 2.24) is 9.78 Å². The molecule has 7 nitrogen and oxygen atoms in total. The Bertz CT molecular complexity index is 678. The fourth-order valence-electron chi connectivity index (χ4n) is 2.16. The van der Waals surface area contributed by atoms with Crippen LogP contribution in [0.1, 0.15) is 10.5 Å². The third-order valence-electron chi connectivity index (χ3n) is 3.03. The first-order valence-electron chi connectivity index (χ1n) is 6.09. The first kappa shape index (κ1) is 14.7. The van der Waals surface area contributed by atoms with Gasteiger partial charge in [0.05, 0.1) is 21.3 Å². The highest BCUT2D eigenvalue weighted by Crippen LogP contribution is 2.44. The summed E-state index contributed by atoms with van der Waals surface area (Å²) in [6.45, 7) is 0. The van der Waals surface area contributed by atoms with E-state index < -0.39 is 5.97 Å². The third kappa shape index (κ3) is 2.49. The van der Waals surface area contributed by atoms with Crippen LogP contribution in [0.3, 0.4) is 0 Å². The van der Waals surface area contributed by atoms with Crippen LogP contribution in [0, 0.1) is 0 Å². The van der Waals surface area contributed by atoms with E-state index >= 15 is 0 Å². The lowest BCUT2D eigenvalue weighted by molar-refractivity contribution is 0.0690. The van der Waals surface area contributed by atoms with Crippen molar-refractivity contribution in [2.75, 3.05) is 21.3 Å². The molecule has 2 rings (SSSR count). The van der Waals surface area contributed by atoms with Crippen LogP contribution in [-0.2, 0) is 7.05 Å². The summed E-state index contributed by atoms with van der Waals surface area (Å²) in [7, 11) is 6.15. The molecule has 0 radical (unpaired) electrons. The van der Waals surface area contributed by atoms with Crippen molar-refractivity contribution in [3.63, 3.8) is 0 Å². The minimum atomic E-state index is -1.11. The first-order valence-corrected chi connectivity index (χ1v) is 6.09. The lowest BCUT2D eigenvalue weighted by atomic mass is 10.0. The molecule has 0 aliphatic carbocycles. The van der Waals surface area contributed by atoms with Crippen molar-refractivity contribution in [3.05, 3.63) is 24.0 Å². The van der Waals surface area contributed by atoms with Crippen molar-refractivity contribution in [3.8, 4) is 28.4 Å². The normalized spacial score (nSPS) is 10.3. The molecule has 112 valence electrons. The van der Waals surface area contributed by atoms with Crippen molar-refractivity contribution >= 4 is 5.97 Å². The lowest BCUT2D eigenvalue weighted by Crippen LogP contribution is -2.02. The fourth-order valence-corrected chi connectivity index (χ4v) is 2.16. The van der Waals surface area contributed by atoms with Gasteiger partial charge in [-0.15, -0.1) is 0 Å². The SMILES string of the molecule is COc1ccc(-c2cn(C)nc2C(=O)O)c(OC)c1OC. The number of aromatic carboxylic acids is 1. The average Bonchev–Trinajstić information content (AvgIpc) is 2.87. The molecule has 0 unspecified atom stereocenters. The van der Waals surface area contributed by atoms with Gasteiger partial charge in [-0.3, -0.25) is 4.68 Å². The van der Waals surface area contributed by atoms with E-state index in [1.165, 1.54) is 26.0 Å². The zero-order chi connectivity index (χ0) is 15.6. The number of aromatic nitrogens is 2. The van der Waals surface area contributed by atoms with Crippen LogP contribution in [0.15, 0.2) is 18.3 Å². The van der Waals surface area contributed by atoms with E-state index in [1.54, 1.807) is 25.4 Å². The second-order valence-corrected chi connectivity index (χ2v) is 4.25. The Morgan fingerprint density at radius 2 is 1.76 bits per heavy atom. The molecule has 0 saturated carbocycles. The summed E-state index contributed by atoms with van der Waals surface area (Å²) in [5.41, 5.74) is 0.964. The van der Waals surface area contributed by atoms with Crippen LogP contribution < -0.4 is 14.2 Å². The van der Waals surface area contributed by atoms with Crippen LogP contribution in [0.4, 0.5) is 0 Å². The Kier molecular flexibility index (Phi) is 4.02. The van der Waals surface area contributed by atoms with Crippen LogP contribution in [0.5, 0.6) is 17.2 Å². The molecule has 1 aromatic carbocycles. The van der Waals surface area contributed by atoms with Gasteiger partial charge in [0, 0.05) is 24.4 Å². The number of carbonyl (C=O) groups is 1. The zero-order valence-electron chi connectivity index (χ0n) is 12.2. The van der Waals surface area contributed by atoms with Crippen molar-refractivity contribution in [2.45, 2.75) is 0 Å². The number of methoxy groups -OCH3 is 3. The number of aryl methyl sites for hydroxylation is 1. The molecule has 0 fully saturated rings. The molecule has 0 amide bonds. The Balaban J connectivity index is 2.72. The number of rotatable bonds is 5. The number of benzene rings is 1. The summed E-state index contributed by atoms with van der Waals surface area (Å²) >= 11 is 0. The van der Waals surface area contributed by atoms with E-state index in [0.717, 1.165) is 0 Å². The number of hydrogen-bond acceptors (Lipinski definition) is 5. The second kappa shape index (κ2) is 5.74. The molecule has 0 bridgehead atoms. The number of hydrogen-bond donors (Lipinski definition) is 1. The Morgan fingerprint density at radius 3 is 2.29 bits per heavy atom. The largest absolute Gasteiger partial charge is 0.493 e. The van der Waals surface area contributed by atoms with E-state index in [0.29, 0.717) is 28.4 Å².